The SMILES string of the molecule is O=C(c1ccccc1)[C@@H]1[C@@H](c2ccc([N+](=O)[O-])cc2)[C@H]2CSCN2[C@@]12C(=O)Nc1ccccc12. The molecule has 34 heavy (non-hydrogen) atoms. The Bertz CT molecular complexity index is 1310. The molecule has 0 bridgehead atoms. The maximum absolute atomic E-state index is 14.2. The fraction of sp³-hybridized carbons (Fsp3) is 0.231. The van der Waals surface area contributed by atoms with E-state index >= 15 is 0 Å². The smallest absolute Gasteiger partial charge is 0.269 e. The summed E-state index contributed by atoms with van der Waals surface area (Å²) >= 11 is 1.75. The first-order valence-corrected chi connectivity index (χ1v) is 12.3. The van der Waals surface area contributed by atoms with E-state index in [1.807, 2.05) is 42.5 Å². The van der Waals surface area contributed by atoms with Gasteiger partial charge in [-0.25, -0.2) is 0 Å². The maximum Gasteiger partial charge on any atom is 0.269 e. The fourth-order valence-electron chi connectivity index (χ4n) is 6.01. The fourth-order valence-corrected chi connectivity index (χ4v) is 7.33. The number of carbonyl (C=O) groups excluding carboxylic acids is 2. The van der Waals surface area contributed by atoms with Gasteiger partial charge in [0, 0.05) is 52.5 Å². The van der Waals surface area contributed by atoms with Gasteiger partial charge in [-0.2, -0.15) is 0 Å². The van der Waals surface area contributed by atoms with Crippen LogP contribution in [-0.4, -0.2) is 39.2 Å². The van der Waals surface area contributed by atoms with Crippen LogP contribution in [0.15, 0.2) is 78.9 Å². The number of rotatable bonds is 4. The first-order chi connectivity index (χ1) is 16.5. The number of nitro groups is 1. The van der Waals surface area contributed by atoms with Crippen LogP contribution in [0.5, 0.6) is 0 Å². The van der Waals surface area contributed by atoms with Gasteiger partial charge >= 0.3 is 0 Å². The molecule has 3 aromatic carbocycles. The second-order valence-corrected chi connectivity index (χ2v) is 9.89. The van der Waals surface area contributed by atoms with Crippen molar-refractivity contribution in [3.63, 3.8) is 0 Å². The highest BCUT2D eigenvalue weighted by Crippen LogP contribution is 2.61. The molecule has 3 aliphatic rings. The average Bonchev–Trinajstić information content (AvgIpc) is 3.52. The largest absolute Gasteiger partial charge is 0.324 e. The van der Waals surface area contributed by atoms with E-state index in [1.54, 1.807) is 36.0 Å². The predicted octanol–water partition coefficient (Wildman–Crippen LogP) is 4.41. The lowest BCUT2D eigenvalue weighted by molar-refractivity contribution is -0.384. The summed E-state index contributed by atoms with van der Waals surface area (Å²) in [6, 6.07) is 23.1. The van der Waals surface area contributed by atoms with E-state index in [0.29, 0.717) is 11.4 Å². The molecule has 3 heterocycles. The lowest BCUT2D eigenvalue weighted by atomic mass is 9.69. The number of ketones is 1. The van der Waals surface area contributed by atoms with Crippen molar-refractivity contribution in [3.05, 3.63) is 106 Å². The van der Waals surface area contributed by atoms with Crippen molar-refractivity contribution in [2.24, 2.45) is 5.92 Å². The average molecular weight is 472 g/mol. The van der Waals surface area contributed by atoms with Gasteiger partial charge in [-0.3, -0.25) is 24.6 Å². The zero-order chi connectivity index (χ0) is 23.4. The molecule has 1 spiro atoms. The van der Waals surface area contributed by atoms with Crippen molar-refractivity contribution in [2.75, 3.05) is 16.9 Å². The van der Waals surface area contributed by atoms with E-state index in [4.69, 9.17) is 0 Å². The number of benzene rings is 3. The molecule has 3 aliphatic heterocycles. The molecule has 8 heteroatoms. The van der Waals surface area contributed by atoms with E-state index in [2.05, 4.69) is 10.2 Å². The molecule has 4 atom stereocenters. The van der Waals surface area contributed by atoms with Gasteiger partial charge in [0.15, 0.2) is 5.78 Å². The van der Waals surface area contributed by atoms with Crippen LogP contribution in [0.4, 0.5) is 11.4 Å². The monoisotopic (exact) mass is 471 g/mol. The normalized spacial score (nSPS) is 27.4. The van der Waals surface area contributed by atoms with Gasteiger partial charge in [-0.15, -0.1) is 11.8 Å². The number of carbonyl (C=O) groups is 2. The number of anilines is 1. The summed E-state index contributed by atoms with van der Waals surface area (Å²) in [4.78, 5) is 41.1. The molecular weight excluding hydrogens is 450 g/mol. The lowest BCUT2D eigenvalue weighted by Gasteiger charge is -2.36. The molecule has 0 saturated carbocycles. The molecule has 6 rings (SSSR count). The number of fused-ring (bicyclic) bond motifs is 4. The standard InChI is InChI=1S/C26H21N3O4S/c30-24(17-6-2-1-3-7-17)23-22(16-10-12-18(13-11-16)29(32)33)21-14-34-15-28(21)26(23)19-8-4-5-9-20(19)27-25(26)31/h1-13,21-23H,14-15H2,(H,27,31)/t21-,22+,23+,26-/m1/s1. The number of para-hydroxylation sites is 1. The number of nitro benzene ring substituents is 1. The summed E-state index contributed by atoms with van der Waals surface area (Å²) in [5.41, 5.74) is 1.83. The Morgan fingerprint density at radius 2 is 1.74 bits per heavy atom. The highest BCUT2D eigenvalue weighted by Gasteiger charge is 2.69. The van der Waals surface area contributed by atoms with Crippen molar-refractivity contribution in [1.29, 1.82) is 0 Å². The first kappa shape index (κ1) is 21.1. The first-order valence-electron chi connectivity index (χ1n) is 11.1. The van der Waals surface area contributed by atoms with Crippen LogP contribution >= 0.6 is 11.8 Å². The molecule has 3 aromatic rings. The summed E-state index contributed by atoms with van der Waals surface area (Å²) in [7, 11) is 0. The van der Waals surface area contributed by atoms with Crippen LogP contribution in [0.1, 0.15) is 27.4 Å². The Hall–Kier alpha value is -3.49. The van der Waals surface area contributed by atoms with Crippen LogP contribution in [0.3, 0.4) is 0 Å². The molecule has 170 valence electrons. The number of thioether (sulfide) groups is 1. The number of amides is 1. The van der Waals surface area contributed by atoms with Crippen LogP contribution in [0, 0.1) is 16.0 Å². The number of Topliss-reactive ketones (excluding diaryl/α,β-unsaturated/α-hetero) is 1. The summed E-state index contributed by atoms with van der Waals surface area (Å²) < 4.78 is 0. The van der Waals surface area contributed by atoms with Crippen molar-refractivity contribution in [3.8, 4) is 0 Å². The number of nitrogens with zero attached hydrogens (tertiary/aromatic N) is 2. The van der Waals surface area contributed by atoms with E-state index in [0.717, 1.165) is 22.6 Å². The van der Waals surface area contributed by atoms with Crippen LogP contribution < -0.4 is 5.32 Å². The van der Waals surface area contributed by atoms with Gasteiger partial charge in [0.1, 0.15) is 5.54 Å². The van der Waals surface area contributed by atoms with Gasteiger partial charge in [-0.05, 0) is 11.6 Å². The van der Waals surface area contributed by atoms with Gasteiger partial charge in [-0.1, -0.05) is 60.7 Å². The highest BCUT2D eigenvalue weighted by molar-refractivity contribution is 7.99. The number of hydrogen-bond donors (Lipinski definition) is 1. The quantitative estimate of drug-likeness (QED) is 0.344. The minimum absolute atomic E-state index is 0.00371. The molecule has 0 aromatic heterocycles. The lowest BCUT2D eigenvalue weighted by Crippen LogP contribution is -2.52. The molecule has 1 N–H and O–H groups in total. The number of nitrogens with one attached hydrogen (secondary N) is 1. The van der Waals surface area contributed by atoms with Crippen molar-refractivity contribution >= 4 is 34.8 Å². The zero-order valence-corrected chi connectivity index (χ0v) is 18.9. The number of non-ortho nitro benzene ring substituents is 1. The van der Waals surface area contributed by atoms with Gasteiger partial charge < -0.3 is 5.32 Å². The molecule has 0 radical (unpaired) electrons. The molecule has 1 amide bonds. The van der Waals surface area contributed by atoms with Crippen molar-refractivity contribution in [1.82, 2.24) is 4.90 Å². The predicted molar refractivity (Wildman–Crippen MR) is 130 cm³/mol. The second-order valence-electron chi connectivity index (χ2n) is 8.89. The van der Waals surface area contributed by atoms with E-state index in [9.17, 15) is 19.7 Å². The Balaban J connectivity index is 1.59. The number of hydrogen-bond acceptors (Lipinski definition) is 6. The minimum Gasteiger partial charge on any atom is -0.324 e. The summed E-state index contributed by atoms with van der Waals surface area (Å²) in [6.07, 6.45) is 0. The van der Waals surface area contributed by atoms with E-state index in [1.165, 1.54) is 12.1 Å². The second kappa shape index (κ2) is 7.78. The minimum atomic E-state index is -1.13. The third-order valence-electron chi connectivity index (χ3n) is 7.36. The molecule has 2 saturated heterocycles. The molecular formula is C26H21N3O4S. The van der Waals surface area contributed by atoms with Crippen molar-refractivity contribution < 1.29 is 14.5 Å². The zero-order valence-electron chi connectivity index (χ0n) is 18.1. The molecule has 0 unspecified atom stereocenters. The van der Waals surface area contributed by atoms with Gasteiger partial charge in [0.2, 0.25) is 5.91 Å². The van der Waals surface area contributed by atoms with Crippen LogP contribution in [0.2, 0.25) is 0 Å². The van der Waals surface area contributed by atoms with Crippen LogP contribution in [0.25, 0.3) is 0 Å². The highest BCUT2D eigenvalue weighted by atomic mass is 32.2. The maximum atomic E-state index is 14.2. The van der Waals surface area contributed by atoms with Gasteiger partial charge in [0.25, 0.3) is 5.69 Å². The summed E-state index contributed by atoms with van der Waals surface area (Å²) in [6.45, 7) is 0. The van der Waals surface area contributed by atoms with E-state index in [-0.39, 0.29) is 29.3 Å². The molecule has 0 aliphatic carbocycles. The van der Waals surface area contributed by atoms with Crippen molar-refractivity contribution in [2.45, 2.75) is 17.5 Å². The Kier molecular flexibility index (Phi) is 4.82. The Morgan fingerprint density at radius 3 is 2.47 bits per heavy atom. The topological polar surface area (TPSA) is 92.5 Å². The molecule has 2 fully saturated rings. The van der Waals surface area contributed by atoms with E-state index < -0.39 is 16.4 Å². The van der Waals surface area contributed by atoms with Crippen LogP contribution in [-0.2, 0) is 10.3 Å². The van der Waals surface area contributed by atoms with Gasteiger partial charge in [0.05, 0.1) is 10.8 Å². The summed E-state index contributed by atoms with van der Waals surface area (Å²) in [5, 5.41) is 14.3. The Morgan fingerprint density at radius 1 is 1.03 bits per heavy atom. The third kappa shape index (κ3) is 2.82. The Labute approximate surface area is 200 Å². The summed E-state index contributed by atoms with van der Waals surface area (Å²) in [5.74, 6) is 0.174. The third-order valence-corrected chi connectivity index (χ3v) is 8.40. The molecule has 7 nitrogen and oxygen atoms in total.